The number of nitrogens with one attached hydrogen (secondary N) is 1. The van der Waals surface area contributed by atoms with Gasteiger partial charge in [0.1, 0.15) is 0 Å². The summed E-state index contributed by atoms with van der Waals surface area (Å²) in [7, 11) is 1.45. The van der Waals surface area contributed by atoms with Crippen LogP contribution in [0.25, 0.3) is 10.9 Å². The second kappa shape index (κ2) is 8.31. The van der Waals surface area contributed by atoms with Crippen LogP contribution in [-0.2, 0) is 4.74 Å². The van der Waals surface area contributed by atoms with Gasteiger partial charge in [-0.2, -0.15) is 0 Å². The molecular formula is C20H19ClN2O5. The van der Waals surface area contributed by atoms with Crippen molar-refractivity contribution in [2.24, 2.45) is 0 Å². The van der Waals surface area contributed by atoms with Gasteiger partial charge in [-0.3, -0.25) is 4.79 Å². The van der Waals surface area contributed by atoms with Crippen molar-refractivity contribution in [1.82, 2.24) is 9.97 Å². The number of benzene rings is 2. The topological polar surface area (TPSA) is 90.5 Å². The fourth-order valence-electron chi connectivity index (χ4n) is 2.70. The number of carbonyl (C=O) groups is 1. The highest BCUT2D eigenvalue weighted by Crippen LogP contribution is 2.36. The number of aromatic amines is 1. The summed E-state index contributed by atoms with van der Waals surface area (Å²) >= 11 is 6.20. The van der Waals surface area contributed by atoms with E-state index in [2.05, 4.69) is 9.97 Å². The van der Waals surface area contributed by atoms with Gasteiger partial charge in [0.2, 0.25) is 0 Å². The molecule has 1 N–H and O–H groups in total. The number of rotatable bonds is 6. The summed E-state index contributed by atoms with van der Waals surface area (Å²) in [6.45, 7) is 3.84. The lowest BCUT2D eigenvalue weighted by atomic mass is 10.2. The maximum atomic E-state index is 12.6. The molecule has 0 aliphatic rings. The molecule has 7 nitrogen and oxygen atoms in total. The van der Waals surface area contributed by atoms with E-state index in [9.17, 15) is 9.59 Å². The summed E-state index contributed by atoms with van der Waals surface area (Å²) < 4.78 is 16.1. The Morgan fingerprint density at radius 2 is 2.04 bits per heavy atom. The van der Waals surface area contributed by atoms with Gasteiger partial charge in [-0.1, -0.05) is 23.7 Å². The van der Waals surface area contributed by atoms with E-state index in [0.29, 0.717) is 29.0 Å². The van der Waals surface area contributed by atoms with Crippen LogP contribution in [0.5, 0.6) is 11.5 Å². The molecule has 0 aliphatic carbocycles. The quantitative estimate of drug-likeness (QED) is 0.629. The van der Waals surface area contributed by atoms with Crippen molar-refractivity contribution in [3.63, 3.8) is 0 Å². The highest BCUT2D eigenvalue weighted by atomic mass is 35.5. The van der Waals surface area contributed by atoms with Crippen molar-refractivity contribution in [1.29, 1.82) is 0 Å². The first-order valence-electron chi connectivity index (χ1n) is 8.64. The van der Waals surface area contributed by atoms with Crippen molar-refractivity contribution in [3.05, 3.63) is 63.2 Å². The number of methoxy groups -OCH3 is 1. The van der Waals surface area contributed by atoms with Crippen molar-refractivity contribution >= 4 is 28.5 Å². The number of aromatic nitrogens is 2. The molecule has 3 rings (SSSR count). The van der Waals surface area contributed by atoms with Gasteiger partial charge in [0.25, 0.3) is 5.56 Å². The number of hydrogen-bond donors (Lipinski definition) is 1. The lowest BCUT2D eigenvalue weighted by Crippen LogP contribution is -2.17. The number of H-pyrrole nitrogens is 1. The summed E-state index contributed by atoms with van der Waals surface area (Å²) in [6, 6.07) is 9.87. The maximum Gasteiger partial charge on any atom is 0.339 e. The summed E-state index contributed by atoms with van der Waals surface area (Å²) in [4.78, 5) is 31.8. The number of ether oxygens (including phenoxy) is 3. The Morgan fingerprint density at radius 3 is 2.75 bits per heavy atom. The van der Waals surface area contributed by atoms with Crippen LogP contribution < -0.4 is 15.0 Å². The number of para-hydroxylation sites is 1. The molecule has 0 amide bonds. The minimum Gasteiger partial charge on any atom is -0.493 e. The molecule has 0 fully saturated rings. The number of hydrogen-bond acceptors (Lipinski definition) is 6. The summed E-state index contributed by atoms with van der Waals surface area (Å²) in [5, 5.41) is 0.700. The van der Waals surface area contributed by atoms with E-state index in [0.717, 1.165) is 0 Å². The Labute approximate surface area is 166 Å². The standard InChI is InChI=1S/C20H19ClN2O5/c1-4-27-17-14(21)9-12(10-16(17)26-3)20(25)28-11(2)18-22-15-8-6-5-7-13(15)19(24)23-18/h5-11H,4H2,1-3H3,(H,22,23,24)/t11-/m1/s1. The lowest BCUT2D eigenvalue weighted by Gasteiger charge is -2.15. The fraction of sp³-hybridized carbons (Fsp3) is 0.250. The first kappa shape index (κ1) is 19.7. The van der Waals surface area contributed by atoms with Crippen LogP contribution in [0.3, 0.4) is 0 Å². The van der Waals surface area contributed by atoms with E-state index in [1.807, 2.05) is 6.92 Å². The monoisotopic (exact) mass is 402 g/mol. The van der Waals surface area contributed by atoms with Crippen molar-refractivity contribution in [2.75, 3.05) is 13.7 Å². The average molecular weight is 403 g/mol. The van der Waals surface area contributed by atoms with E-state index in [1.165, 1.54) is 19.2 Å². The Bertz CT molecular complexity index is 1080. The van der Waals surface area contributed by atoms with Gasteiger partial charge in [-0.15, -0.1) is 0 Å². The molecule has 0 spiro atoms. The molecule has 8 heteroatoms. The number of carbonyl (C=O) groups excluding carboxylic acids is 1. The second-order valence-corrected chi connectivity index (χ2v) is 6.35. The molecule has 0 radical (unpaired) electrons. The van der Waals surface area contributed by atoms with Crippen LogP contribution in [-0.4, -0.2) is 29.7 Å². The molecule has 1 heterocycles. The minimum atomic E-state index is -0.777. The average Bonchev–Trinajstić information content (AvgIpc) is 2.69. The Balaban J connectivity index is 1.87. The smallest absolute Gasteiger partial charge is 0.339 e. The predicted octanol–water partition coefficient (Wildman–Crippen LogP) is 3.90. The molecular weight excluding hydrogens is 384 g/mol. The molecule has 3 aromatic rings. The van der Waals surface area contributed by atoms with Crippen molar-refractivity contribution < 1.29 is 19.0 Å². The van der Waals surface area contributed by atoms with Gasteiger partial charge in [-0.25, -0.2) is 9.78 Å². The van der Waals surface area contributed by atoms with Crippen LogP contribution in [0.1, 0.15) is 36.1 Å². The minimum absolute atomic E-state index is 0.195. The Morgan fingerprint density at radius 1 is 1.29 bits per heavy atom. The first-order valence-corrected chi connectivity index (χ1v) is 9.02. The van der Waals surface area contributed by atoms with E-state index in [1.54, 1.807) is 31.2 Å². The van der Waals surface area contributed by atoms with Crippen molar-refractivity contribution in [3.8, 4) is 11.5 Å². The third kappa shape index (κ3) is 3.94. The van der Waals surface area contributed by atoms with Crippen molar-refractivity contribution in [2.45, 2.75) is 20.0 Å². The van der Waals surface area contributed by atoms with E-state index in [-0.39, 0.29) is 22.0 Å². The third-order valence-electron chi connectivity index (χ3n) is 4.05. The molecule has 0 saturated heterocycles. The van der Waals surface area contributed by atoms with Gasteiger partial charge < -0.3 is 19.2 Å². The van der Waals surface area contributed by atoms with Crippen LogP contribution in [0.4, 0.5) is 0 Å². The molecule has 146 valence electrons. The molecule has 0 unspecified atom stereocenters. The fourth-order valence-corrected chi connectivity index (χ4v) is 2.97. The van der Waals surface area contributed by atoms with Crippen LogP contribution in [0, 0.1) is 0 Å². The molecule has 2 aromatic carbocycles. The molecule has 1 atom stereocenters. The summed E-state index contributed by atoms with van der Waals surface area (Å²) in [6.07, 6.45) is -0.777. The summed E-state index contributed by atoms with van der Waals surface area (Å²) in [5.74, 6) is 0.301. The number of halogens is 1. The highest BCUT2D eigenvalue weighted by molar-refractivity contribution is 6.32. The van der Waals surface area contributed by atoms with Gasteiger partial charge >= 0.3 is 5.97 Å². The van der Waals surface area contributed by atoms with E-state index >= 15 is 0 Å². The zero-order chi connectivity index (χ0) is 20.3. The van der Waals surface area contributed by atoms with Gasteiger partial charge in [0.05, 0.1) is 35.2 Å². The Kier molecular flexibility index (Phi) is 5.84. The maximum absolute atomic E-state index is 12.6. The molecule has 0 aliphatic heterocycles. The zero-order valence-corrected chi connectivity index (χ0v) is 16.4. The molecule has 28 heavy (non-hydrogen) atoms. The largest absolute Gasteiger partial charge is 0.493 e. The first-order chi connectivity index (χ1) is 13.4. The third-order valence-corrected chi connectivity index (χ3v) is 4.33. The number of esters is 1. The molecule has 0 bridgehead atoms. The summed E-state index contributed by atoms with van der Waals surface area (Å²) in [5.41, 5.74) is 0.421. The van der Waals surface area contributed by atoms with Gasteiger partial charge in [0.15, 0.2) is 23.4 Å². The van der Waals surface area contributed by atoms with E-state index < -0.39 is 12.1 Å². The lowest BCUT2D eigenvalue weighted by molar-refractivity contribution is 0.0319. The Hall–Kier alpha value is -3.06. The van der Waals surface area contributed by atoms with Crippen LogP contribution in [0.15, 0.2) is 41.2 Å². The zero-order valence-electron chi connectivity index (χ0n) is 15.6. The second-order valence-electron chi connectivity index (χ2n) is 5.94. The molecule has 1 aromatic heterocycles. The predicted molar refractivity (Wildman–Crippen MR) is 105 cm³/mol. The molecule has 0 saturated carbocycles. The number of fused-ring (bicyclic) bond motifs is 1. The highest BCUT2D eigenvalue weighted by Gasteiger charge is 2.20. The SMILES string of the molecule is CCOc1c(Cl)cc(C(=O)O[C@H](C)c2nc3ccccc3c(=O)[nH]2)cc1OC. The van der Waals surface area contributed by atoms with E-state index in [4.69, 9.17) is 25.8 Å². The normalized spacial score (nSPS) is 11.9. The van der Waals surface area contributed by atoms with Gasteiger partial charge in [0, 0.05) is 0 Å². The van der Waals surface area contributed by atoms with Crippen LogP contribution >= 0.6 is 11.6 Å². The number of nitrogens with zero attached hydrogens (tertiary/aromatic N) is 1. The van der Waals surface area contributed by atoms with Crippen LogP contribution in [0.2, 0.25) is 5.02 Å². The van der Waals surface area contributed by atoms with Gasteiger partial charge in [-0.05, 0) is 38.1 Å².